The van der Waals surface area contributed by atoms with E-state index in [1.165, 1.54) is 66.6 Å². The number of carboxylic acid groups (broad SMARTS) is 6. The van der Waals surface area contributed by atoms with Crippen molar-refractivity contribution in [3.05, 3.63) is 179 Å². The van der Waals surface area contributed by atoms with Gasteiger partial charge in [-0.15, -0.1) is 35.7 Å². The number of methoxy groups -OCH3 is 10. The van der Waals surface area contributed by atoms with Crippen LogP contribution in [-0.4, -0.2) is 307 Å². The number of carbonyl (C=O) groups excluding carboxylic acids is 1. The van der Waals surface area contributed by atoms with E-state index in [2.05, 4.69) is 125 Å². The third-order valence-corrected chi connectivity index (χ3v) is 24.5. The summed E-state index contributed by atoms with van der Waals surface area (Å²) in [5, 5.41) is 123. The van der Waals surface area contributed by atoms with E-state index in [4.69, 9.17) is 78.0 Å². The molecule has 147 heavy (non-hydrogen) atoms. The number of esters is 1. The van der Waals surface area contributed by atoms with Gasteiger partial charge >= 0.3 is 41.8 Å². The summed E-state index contributed by atoms with van der Waals surface area (Å²) in [6, 6.07) is 45.9. The Balaban J connectivity index is 0.000000191. The molecule has 0 saturated heterocycles. The monoisotopic (exact) mass is 2150 g/mol. The van der Waals surface area contributed by atoms with Crippen molar-refractivity contribution in [2.75, 3.05) is 111 Å². The first-order valence-electron chi connectivity index (χ1n) is 42.4. The normalized spacial score (nSPS) is 10.4. The summed E-state index contributed by atoms with van der Waals surface area (Å²) in [7, 11) is 15.2. The molecule has 7 aromatic heterocycles. The number of carbonyl (C=O) groups is 7. The van der Waals surface area contributed by atoms with Crippen LogP contribution in [0.3, 0.4) is 0 Å². The molecule has 7 heterocycles. The largest absolute Gasteiger partial charge is 0.619 e. The smallest absolute Gasteiger partial charge is 0.316 e. The van der Waals surface area contributed by atoms with E-state index in [0.29, 0.717) is 173 Å². The fraction of sp³-hybridized carbons (Fsp3) is 0.239. The van der Waals surface area contributed by atoms with Crippen LogP contribution in [0.4, 0.5) is 5.69 Å². The number of hydrogen-bond donors (Lipinski definition) is 14. The Morgan fingerprint density at radius 3 is 1.18 bits per heavy atom. The average Bonchev–Trinajstić information content (AvgIpc) is 1.54. The Morgan fingerprint density at radius 2 is 0.741 bits per heavy atom. The van der Waals surface area contributed by atoms with Crippen LogP contribution in [-0.2, 0) is 51.3 Å². The summed E-state index contributed by atoms with van der Waals surface area (Å²) in [5.41, 5.74) is 9.43. The highest BCUT2D eigenvalue weighted by Gasteiger charge is 2.25. The number of ether oxygens (including phenoxy) is 11. The third-order valence-electron chi connectivity index (χ3n) is 18.7. The molecule has 0 aliphatic heterocycles. The van der Waals surface area contributed by atoms with Crippen LogP contribution in [0.5, 0.6) is 63.2 Å². The summed E-state index contributed by atoms with van der Waals surface area (Å²) < 4.78 is 58.4. The van der Waals surface area contributed by atoms with E-state index in [0.717, 1.165) is 116 Å². The molecule has 0 aliphatic rings. The molecule has 15 rings (SSSR count). The Kier molecular flexibility index (Phi) is 45.5. The molecule has 15 aromatic rings. The predicted octanol–water partition coefficient (Wildman–Crippen LogP) is 14.0. The van der Waals surface area contributed by atoms with Gasteiger partial charge in [-0.25, -0.2) is 34.9 Å². The lowest BCUT2D eigenvalue weighted by molar-refractivity contribution is -0.349. The van der Waals surface area contributed by atoms with E-state index < -0.39 is 35.8 Å². The number of aromatic hydroxyl groups is 1. The molecule has 0 aliphatic carbocycles. The molecule has 0 spiro atoms. The molecule has 0 radical (unpaired) electrons. The second kappa shape index (κ2) is 58.5. The Morgan fingerprint density at radius 1 is 0.347 bits per heavy atom. The van der Waals surface area contributed by atoms with Crippen LogP contribution in [0.1, 0.15) is 29.2 Å². The van der Waals surface area contributed by atoms with Crippen molar-refractivity contribution in [3.63, 3.8) is 0 Å². The molecule has 0 bridgehead atoms. The van der Waals surface area contributed by atoms with Crippen molar-refractivity contribution in [2.45, 2.75) is 69.9 Å². The van der Waals surface area contributed by atoms with Gasteiger partial charge in [-0.05, 0) is 104 Å². The molecule has 0 fully saturated rings. The van der Waals surface area contributed by atoms with Gasteiger partial charge in [-0.1, -0.05) is 162 Å². The zero-order valence-electron chi connectivity index (χ0n) is 80.5. The molecule has 55 heteroatoms. The highest BCUT2D eigenvalue weighted by Crippen LogP contribution is 2.43. The maximum atomic E-state index is 11.2. The summed E-state index contributed by atoms with van der Waals surface area (Å²) in [4.78, 5) is 104. The van der Waals surface area contributed by atoms with Crippen molar-refractivity contribution in [2.24, 2.45) is 0 Å². The molecule has 0 unspecified atom stereocenters. The van der Waals surface area contributed by atoms with Crippen molar-refractivity contribution in [1.29, 1.82) is 0 Å². The maximum Gasteiger partial charge on any atom is 0.316 e. The molecule has 0 saturated carbocycles. The van der Waals surface area contributed by atoms with Gasteiger partial charge in [0.05, 0.1) is 140 Å². The van der Waals surface area contributed by atoms with Crippen molar-refractivity contribution < 1.29 is 126 Å². The van der Waals surface area contributed by atoms with Crippen LogP contribution in [0, 0.1) is 19.1 Å². The average molecular weight is 2150 g/mol. The molecule has 0 atom stereocenters. The van der Waals surface area contributed by atoms with Crippen molar-refractivity contribution in [1.82, 2.24) is 106 Å². The van der Waals surface area contributed by atoms with E-state index in [1.807, 2.05) is 98.8 Å². The van der Waals surface area contributed by atoms with Gasteiger partial charge in [0.25, 0.3) is 0 Å². The standard InChI is InChI=1S/C19H19N3O3S.C13H15N3O5S.C13H15N3O4S.C12H12N4O4S.C12H13N3O4S.C12H13N3O2S.C11H11N3O4S/c1-2-14-9-6-10-15(17(14)25-11-13-7-4-3-5-8-13)18-20-19(22-21-18)26-12-16(23)24;1-19-8-5-10(21-3)9(20-2)4-7(8)12-14-13(16-15-12)22-6-11(17)18;1-7-4-8(19-2)11(9(5-7)20-3)12-14-13(16-15-12)21-6-10(17)18;1-16(19)7-3-4-8(9(5-7)20-2)11-13-12(15-14-11)21-6-10(17)18;1-18-7-3-4-9(19-2)8(5-7)11-13-12(15-14-11)20-6-10(16)17;1-8-4-3-5-9(6-8)11-13-12(15-14-11)18-7-10(16)17-2;1-18-7-4-2-3-6(15)9(7)10-12-11(14-13-10)19-5-8(16)17/h3-10H,2,11-12H2,1H3,(H,23,24)(H,20,21,22);4-5H,6H2,1-3H3,(H,17,18)(H,14,15,16);4-5H,6H2,1-3H3,(H,17,18)(H,14,15,16);3-5H,1,6H2,2H3,(H,17,18)(H,13,14,15);3-5H,6H2,1-2H3,(H,16,17)(H,13,14,15);3-6H,7H2,1-2H3,(H,13,14,15);2-4,15H,5H2,1H3,(H,16,17)(H,12,13,14). The van der Waals surface area contributed by atoms with Gasteiger partial charge in [-0.3, -0.25) is 69.3 Å². The van der Waals surface area contributed by atoms with Crippen LogP contribution in [0.2, 0.25) is 0 Å². The predicted molar refractivity (Wildman–Crippen MR) is 546 cm³/mol. The minimum absolute atomic E-state index is 0.00489. The minimum atomic E-state index is -0.948. The highest BCUT2D eigenvalue weighted by molar-refractivity contribution is 8.01. The third kappa shape index (κ3) is 35.3. The van der Waals surface area contributed by atoms with Gasteiger partial charge in [0.15, 0.2) is 52.3 Å². The van der Waals surface area contributed by atoms with Gasteiger partial charge in [0.2, 0.25) is 41.8 Å². The Hall–Kier alpha value is -16.3. The van der Waals surface area contributed by atoms with Crippen LogP contribution < -0.4 is 47.4 Å². The minimum Gasteiger partial charge on any atom is -0.619 e. The zero-order chi connectivity index (χ0) is 107. The molecule has 14 N–H and O–H groups in total. The van der Waals surface area contributed by atoms with Crippen LogP contribution in [0.25, 0.3) is 79.7 Å². The van der Waals surface area contributed by atoms with E-state index in [9.17, 15) is 43.9 Å². The van der Waals surface area contributed by atoms with E-state index in [-0.39, 0.29) is 52.0 Å². The first-order valence-corrected chi connectivity index (χ1v) is 49.3. The summed E-state index contributed by atoms with van der Waals surface area (Å²) in [6.45, 7) is 9.74. The Labute approximate surface area is 866 Å². The lowest BCUT2D eigenvalue weighted by atomic mass is 10.1. The van der Waals surface area contributed by atoms with Crippen molar-refractivity contribution >= 4 is 137 Å². The van der Waals surface area contributed by atoms with E-state index in [1.54, 1.807) is 83.0 Å². The van der Waals surface area contributed by atoms with Gasteiger partial charge in [-0.2, -0.15) is 4.74 Å². The number of aromatic nitrogens is 21. The number of para-hydroxylation sites is 1. The SMILES string of the molecule is C=[N+]([O-])c1ccc(-c2nc(SCC(=O)O)n[nH]2)c(OC)c1.CCc1cccc(-c2nc(SCC(=O)O)n[nH]2)c1OCc1ccccc1.COC(=O)CSc1n[nH]c(-c2cccc(C)c2)n1.COc1cc(C)cc(OC)c1-c1nc(SCC(=O)O)n[nH]1.COc1cc(OC)c(-c2nc(SCC(=O)O)n[nH]2)cc1OC.COc1ccc(OC)c(-c2nc(SCC(=O)O)n[nH]2)c1.COc1cccc(O)c1-c1nc(SCC(=O)O)n[nH]1. The number of carboxylic acids is 6. The fourth-order valence-electron chi connectivity index (χ4n) is 12.1. The molecule has 0 amide bonds. The number of nitrogens with zero attached hydrogens (tertiary/aromatic N) is 15. The first-order chi connectivity index (χ1) is 70.7. The maximum absolute atomic E-state index is 11.2. The topological polar surface area (TPSA) is 680 Å². The summed E-state index contributed by atoms with van der Waals surface area (Å²) >= 11 is 7.42. The van der Waals surface area contributed by atoms with E-state index >= 15 is 0 Å². The number of aliphatic carboxylic acids is 6. The van der Waals surface area contributed by atoms with Gasteiger partial charge in [0.1, 0.15) is 76.2 Å². The summed E-state index contributed by atoms with van der Waals surface area (Å²) in [5.74, 6) is 2.89. The first kappa shape index (κ1) is 114. The quantitative estimate of drug-likeness (QED) is 0.00422. The van der Waals surface area contributed by atoms with Crippen LogP contribution in [0.15, 0.2) is 188 Å². The number of nitrogens with one attached hydrogen (secondary N) is 7. The zero-order valence-corrected chi connectivity index (χ0v) is 86.2. The number of phenols is 1. The Bertz CT molecular complexity index is 6900. The number of aromatic amines is 7. The number of aryl methyl sites for hydroxylation is 3. The summed E-state index contributed by atoms with van der Waals surface area (Å²) in [6.07, 6.45) is 0.826. The number of phenolic OH excluding ortho intramolecular Hbond substituents is 1. The van der Waals surface area contributed by atoms with Crippen LogP contribution >= 0.6 is 82.3 Å². The lowest BCUT2D eigenvalue weighted by Crippen LogP contribution is -2.03. The highest BCUT2D eigenvalue weighted by atomic mass is 32.2. The number of hydrogen-bond acceptors (Lipinski definition) is 41. The van der Waals surface area contributed by atoms with Crippen molar-refractivity contribution in [3.8, 4) is 143 Å². The molecular weight excluding hydrogens is 2050 g/mol. The molecular formula is C92H98N22O26S7. The van der Waals surface area contributed by atoms with Gasteiger partial charge in [0, 0.05) is 17.7 Å². The molecule has 8 aromatic carbocycles. The second-order valence-electron chi connectivity index (χ2n) is 28.7. The number of H-pyrrole nitrogens is 7. The fourth-order valence-corrected chi connectivity index (χ4v) is 15.9. The lowest BCUT2D eigenvalue weighted by Gasteiger charge is -2.14. The number of benzene rings is 8. The number of thioether (sulfide) groups is 7. The molecule has 774 valence electrons. The second-order valence-corrected chi connectivity index (χ2v) is 35.2. The van der Waals surface area contributed by atoms with Gasteiger partial charge < -0.3 is 93.1 Å². The molecule has 48 nitrogen and oxygen atoms in total. The number of rotatable bonds is 42.